The molecule has 1 aromatic rings. The van der Waals surface area contributed by atoms with E-state index in [2.05, 4.69) is 5.32 Å². The van der Waals surface area contributed by atoms with Crippen LogP contribution in [0.3, 0.4) is 0 Å². The molecule has 0 aliphatic rings. The minimum absolute atomic E-state index is 0.0833. The number of carbonyl (C=O) groups is 1. The van der Waals surface area contributed by atoms with E-state index in [0.29, 0.717) is 6.54 Å². The summed E-state index contributed by atoms with van der Waals surface area (Å²) >= 11 is 0. The predicted molar refractivity (Wildman–Crippen MR) is 68.9 cm³/mol. The number of benzene rings is 1. The van der Waals surface area contributed by atoms with E-state index in [1.807, 2.05) is 0 Å². The van der Waals surface area contributed by atoms with E-state index in [1.54, 1.807) is 6.92 Å². The highest BCUT2D eigenvalue weighted by molar-refractivity contribution is 8.13. The largest absolute Gasteiger partial charge is 0.352 e. The summed E-state index contributed by atoms with van der Waals surface area (Å²) in [6.45, 7) is 3.35. The Morgan fingerprint density at radius 1 is 1.47 bits per heavy atom. The van der Waals surface area contributed by atoms with Crippen LogP contribution in [-0.2, 0) is 9.05 Å². The van der Waals surface area contributed by atoms with Gasteiger partial charge >= 0.3 is 0 Å². The molecule has 1 N–H and O–H groups in total. The maximum atomic E-state index is 11.7. The fourth-order valence-electron chi connectivity index (χ4n) is 1.50. The second-order valence-corrected chi connectivity index (χ2v) is 6.24. The number of nitro groups is 1. The number of nitro benzene ring substituents is 1. The molecule has 0 unspecified atom stereocenters. The van der Waals surface area contributed by atoms with Crippen molar-refractivity contribution in [2.24, 2.45) is 0 Å². The molecule has 1 amide bonds. The molecule has 0 spiro atoms. The first-order valence-corrected chi connectivity index (χ1v) is 7.51. The summed E-state index contributed by atoms with van der Waals surface area (Å²) in [7, 11) is 1.00. The number of halogens is 1. The van der Waals surface area contributed by atoms with Gasteiger partial charge in [-0.05, 0) is 19.9 Å². The van der Waals surface area contributed by atoms with Crippen molar-refractivity contribution in [3.63, 3.8) is 0 Å². The predicted octanol–water partition coefficient (Wildman–Crippen LogP) is 1.58. The third kappa shape index (κ3) is 3.42. The van der Waals surface area contributed by atoms with Crippen molar-refractivity contribution in [1.29, 1.82) is 0 Å². The van der Waals surface area contributed by atoms with Crippen molar-refractivity contribution in [3.05, 3.63) is 33.4 Å². The molecule has 7 nitrogen and oxygen atoms in total. The number of hydrogen-bond acceptors (Lipinski definition) is 5. The highest BCUT2D eigenvalue weighted by Gasteiger charge is 2.24. The van der Waals surface area contributed by atoms with E-state index in [-0.39, 0.29) is 11.1 Å². The zero-order chi connectivity index (χ0) is 14.8. The molecular weight excluding hydrogens is 296 g/mol. The molecule has 1 rings (SSSR count). The van der Waals surface area contributed by atoms with Crippen LogP contribution in [0, 0.1) is 17.0 Å². The summed E-state index contributed by atoms with van der Waals surface area (Å²) in [4.78, 5) is 21.4. The number of carbonyl (C=O) groups excluding carboxylic acids is 1. The Bertz CT molecular complexity index is 642. The van der Waals surface area contributed by atoms with Crippen molar-refractivity contribution in [2.45, 2.75) is 18.7 Å². The average Bonchev–Trinajstić information content (AvgIpc) is 2.27. The molecule has 19 heavy (non-hydrogen) atoms. The second kappa shape index (κ2) is 5.54. The summed E-state index contributed by atoms with van der Waals surface area (Å²) in [5, 5.41) is 13.3. The lowest BCUT2D eigenvalue weighted by atomic mass is 10.1. The van der Waals surface area contributed by atoms with Crippen molar-refractivity contribution in [1.82, 2.24) is 5.32 Å². The third-order valence-corrected chi connectivity index (χ3v) is 3.75. The lowest BCUT2D eigenvalue weighted by Crippen LogP contribution is -2.24. The lowest BCUT2D eigenvalue weighted by molar-refractivity contribution is -0.385. The Morgan fingerprint density at radius 2 is 2.05 bits per heavy atom. The van der Waals surface area contributed by atoms with Crippen molar-refractivity contribution in [3.8, 4) is 0 Å². The average molecular weight is 307 g/mol. The standard InChI is InChI=1S/C10H11ClN2O5S/c1-3-12-10(14)8-4-7(19(11,17)18)5-9(6(8)2)13(15)16/h4-5H,3H2,1-2H3,(H,12,14). The normalized spacial score (nSPS) is 11.1. The Hall–Kier alpha value is -1.67. The van der Waals surface area contributed by atoms with Gasteiger partial charge in [-0.3, -0.25) is 14.9 Å². The van der Waals surface area contributed by atoms with Gasteiger partial charge in [0.25, 0.3) is 20.6 Å². The van der Waals surface area contributed by atoms with Crippen molar-refractivity contribution < 1.29 is 18.1 Å². The van der Waals surface area contributed by atoms with E-state index in [9.17, 15) is 23.3 Å². The van der Waals surface area contributed by atoms with Gasteiger partial charge < -0.3 is 5.32 Å². The van der Waals surface area contributed by atoms with Gasteiger partial charge in [-0.1, -0.05) is 0 Å². The van der Waals surface area contributed by atoms with Gasteiger partial charge in [-0.15, -0.1) is 0 Å². The van der Waals surface area contributed by atoms with E-state index in [4.69, 9.17) is 10.7 Å². The van der Waals surface area contributed by atoms with Crippen LogP contribution in [0.5, 0.6) is 0 Å². The third-order valence-electron chi connectivity index (χ3n) is 2.41. The van der Waals surface area contributed by atoms with Gasteiger partial charge in [0.15, 0.2) is 0 Å². The molecule has 0 aliphatic heterocycles. The van der Waals surface area contributed by atoms with Crippen LogP contribution in [-0.4, -0.2) is 25.8 Å². The molecular formula is C10H11ClN2O5S. The van der Waals surface area contributed by atoms with Crippen LogP contribution in [0.25, 0.3) is 0 Å². The van der Waals surface area contributed by atoms with Crippen molar-refractivity contribution >= 4 is 31.3 Å². The highest BCUT2D eigenvalue weighted by Crippen LogP contribution is 2.28. The molecule has 0 bridgehead atoms. The first-order chi connectivity index (χ1) is 8.68. The molecule has 104 valence electrons. The van der Waals surface area contributed by atoms with E-state index in [0.717, 1.165) is 12.1 Å². The highest BCUT2D eigenvalue weighted by atomic mass is 35.7. The van der Waals surface area contributed by atoms with Crippen LogP contribution in [0.2, 0.25) is 0 Å². The number of nitrogens with zero attached hydrogens (tertiary/aromatic N) is 1. The molecule has 0 saturated heterocycles. The topological polar surface area (TPSA) is 106 Å². The molecule has 0 aromatic heterocycles. The summed E-state index contributed by atoms with van der Waals surface area (Å²) in [5.41, 5.74) is -0.474. The van der Waals surface area contributed by atoms with E-state index in [1.165, 1.54) is 6.92 Å². The maximum Gasteiger partial charge on any atom is 0.274 e. The van der Waals surface area contributed by atoms with Gasteiger partial charge in [0.05, 0.1) is 15.4 Å². The Morgan fingerprint density at radius 3 is 2.47 bits per heavy atom. The smallest absolute Gasteiger partial charge is 0.274 e. The quantitative estimate of drug-likeness (QED) is 0.516. The molecule has 0 radical (unpaired) electrons. The molecule has 0 aliphatic carbocycles. The van der Waals surface area contributed by atoms with Gasteiger partial charge in [0.2, 0.25) is 0 Å². The maximum absolute atomic E-state index is 11.7. The molecule has 0 saturated carbocycles. The minimum atomic E-state index is -4.16. The number of amides is 1. The summed E-state index contributed by atoms with van der Waals surface area (Å²) < 4.78 is 22.5. The monoisotopic (exact) mass is 306 g/mol. The Balaban J connectivity index is 3.59. The molecule has 0 atom stereocenters. The van der Waals surface area contributed by atoms with Gasteiger partial charge in [-0.2, -0.15) is 0 Å². The van der Waals surface area contributed by atoms with Crippen LogP contribution in [0.4, 0.5) is 5.69 Å². The fraction of sp³-hybridized carbons (Fsp3) is 0.300. The SMILES string of the molecule is CCNC(=O)c1cc(S(=O)(=O)Cl)cc([N+](=O)[O-])c1C. The zero-order valence-corrected chi connectivity index (χ0v) is 11.7. The molecule has 0 fully saturated rings. The van der Waals surface area contributed by atoms with Crippen LogP contribution in [0.15, 0.2) is 17.0 Å². The summed E-state index contributed by atoms with van der Waals surface area (Å²) in [6.07, 6.45) is 0. The zero-order valence-electron chi connectivity index (χ0n) is 10.1. The number of hydrogen-bond donors (Lipinski definition) is 1. The first-order valence-electron chi connectivity index (χ1n) is 5.20. The summed E-state index contributed by atoms with van der Waals surface area (Å²) in [5.74, 6) is -0.592. The van der Waals surface area contributed by atoms with Crippen LogP contribution in [0.1, 0.15) is 22.8 Å². The van der Waals surface area contributed by atoms with Gasteiger partial charge in [-0.25, -0.2) is 8.42 Å². The lowest BCUT2D eigenvalue weighted by Gasteiger charge is -2.08. The van der Waals surface area contributed by atoms with E-state index >= 15 is 0 Å². The van der Waals surface area contributed by atoms with Crippen LogP contribution < -0.4 is 5.32 Å². The fourth-order valence-corrected chi connectivity index (χ4v) is 2.27. The van der Waals surface area contributed by atoms with Gasteiger partial charge in [0, 0.05) is 28.9 Å². The van der Waals surface area contributed by atoms with Gasteiger partial charge in [0.1, 0.15) is 0 Å². The molecule has 0 heterocycles. The minimum Gasteiger partial charge on any atom is -0.352 e. The Kier molecular flexibility index (Phi) is 4.48. The Labute approximate surface area is 114 Å². The van der Waals surface area contributed by atoms with Crippen molar-refractivity contribution in [2.75, 3.05) is 6.54 Å². The summed E-state index contributed by atoms with van der Waals surface area (Å²) in [6, 6.07) is 1.86. The van der Waals surface area contributed by atoms with Crippen LogP contribution >= 0.6 is 10.7 Å². The molecule has 1 aromatic carbocycles. The number of rotatable bonds is 4. The second-order valence-electron chi connectivity index (χ2n) is 3.67. The first kappa shape index (κ1) is 15.4. The number of nitrogens with one attached hydrogen (secondary N) is 1. The molecule has 9 heteroatoms. The van der Waals surface area contributed by atoms with E-state index < -0.39 is 30.5 Å².